The van der Waals surface area contributed by atoms with Crippen molar-refractivity contribution < 1.29 is 17.9 Å². The molecule has 0 aliphatic carbocycles. The van der Waals surface area contributed by atoms with Crippen molar-refractivity contribution in [3.05, 3.63) is 23.8 Å². The number of para-hydroxylation sites is 1. The Hall–Kier alpha value is -1.11. The Morgan fingerprint density at radius 2 is 1.94 bits per heavy atom. The maximum absolute atomic E-state index is 11.5. The summed E-state index contributed by atoms with van der Waals surface area (Å²) in [5.74, 6) is 0.432. The molecule has 0 unspecified atom stereocenters. The smallest absolute Gasteiger partial charge is 0.241 e. The van der Waals surface area contributed by atoms with Crippen molar-refractivity contribution in [3.63, 3.8) is 0 Å². The second-order valence-corrected chi connectivity index (χ2v) is 6.39. The van der Waals surface area contributed by atoms with E-state index in [9.17, 15) is 8.42 Å². The minimum Gasteiger partial charge on any atom is -0.491 e. The van der Waals surface area contributed by atoms with E-state index < -0.39 is 10.0 Å². The van der Waals surface area contributed by atoms with Crippen molar-refractivity contribution >= 4 is 10.0 Å². The average Bonchev–Trinajstić information content (AvgIpc) is 2.68. The van der Waals surface area contributed by atoms with Gasteiger partial charge in [-0.25, -0.2) is 13.6 Å². The van der Waals surface area contributed by atoms with E-state index in [-0.39, 0.29) is 10.3 Å². The highest BCUT2D eigenvalue weighted by Gasteiger charge is 2.43. The molecule has 0 saturated carbocycles. The van der Waals surface area contributed by atoms with Crippen molar-refractivity contribution in [2.24, 2.45) is 5.14 Å². The van der Waals surface area contributed by atoms with E-state index in [1.54, 1.807) is 6.07 Å². The Morgan fingerprint density at radius 1 is 1.22 bits per heavy atom. The molecule has 98 valence electrons. The Bertz CT molecular complexity index is 576. The Kier molecular flexibility index (Phi) is 2.62. The number of fused-ring (bicyclic) bond motifs is 2. The maximum Gasteiger partial charge on any atom is 0.241 e. The molecule has 0 amide bonds. The highest BCUT2D eigenvalue weighted by Crippen LogP contribution is 2.47. The van der Waals surface area contributed by atoms with Crippen LogP contribution in [0.1, 0.15) is 18.4 Å². The first-order chi connectivity index (χ1) is 8.53. The molecule has 1 spiro atoms. The van der Waals surface area contributed by atoms with Gasteiger partial charge in [-0.3, -0.25) is 0 Å². The molecule has 0 aromatic heterocycles. The molecular formula is C12H15NO4S. The monoisotopic (exact) mass is 269 g/mol. The zero-order chi connectivity index (χ0) is 12.8. The zero-order valence-corrected chi connectivity index (χ0v) is 10.7. The van der Waals surface area contributed by atoms with Crippen molar-refractivity contribution in [2.75, 3.05) is 19.8 Å². The molecule has 6 heteroatoms. The molecule has 5 nitrogen and oxygen atoms in total. The van der Waals surface area contributed by atoms with Gasteiger partial charge in [0.1, 0.15) is 10.6 Å². The zero-order valence-electron chi connectivity index (χ0n) is 9.89. The van der Waals surface area contributed by atoms with Crippen LogP contribution in [0.25, 0.3) is 0 Å². The number of rotatable bonds is 1. The summed E-state index contributed by atoms with van der Waals surface area (Å²) in [6.07, 6.45) is 1.71. The van der Waals surface area contributed by atoms with Gasteiger partial charge in [0.05, 0.1) is 6.61 Å². The summed E-state index contributed by atoms with van der Waals surface area (Å²) in [6, 6.07) is 5.15. The van der Waals surface area contributed by atoms with Crippen molar-refractivity contribution in [1.29, 1.82) is 0 Å². The van der Waals surface area contributed by atoms with Crippen LogP contribution in [0.3, 0.4) is 0 Å². The molecule has 1 aromatic rings. The third-order valence-corrected chi connectivity index (χ3v) is 4.73. The lowest BCUT2D eigenvalue weighted by atomic mass is 9.76. The molecule has 1 fully saturated rings. The highest BCUT2D eigenvalue weighted by molar-refractivity contribution is 7.89. The topological polar surface area (TPSA) is 78.6 Å². The van der Waals surface area contributed by atoms with Gasteiger partial charge < -0.3 is 9.47 Å². The lowest BCUT2D eigenvalue weighted by molar-refractivity contribution is 0.0419. The first-order valence-electron chi connectivity index (χ1n) is 5.90. The molecular weight excluding hydrogens is 254 g/mol. The average molecular weight is 269 g/mol. The molecule has 1 aromatic carbocycles. The summed E-state index contributed by atoms with van der Waals surface area (Å²) in [4.78, 5) is 0.0865. The molecule has 1 saturated heterocycles. The molecule has 0 bridgehead atoms. The lowest BCUT2D eigenvalue weighted by Gasteiger charge is -2.31. The number of primary sulfonamides is 1. The Morgan fingerprint density at radius 3 is 2.61 bits per heavy atom. The largest absolute Gasteiger partial charge is 0.491 e. The van der Waals surface area contributed by atoms with Crippen LogP contribution >= 0.6 is 0 Å². The normalized spacial score (nSPS) is 21.6. The van der Waals surface area contributed by atoms with Gasteiger partial charge in [-0.15, -0.1) is 0 Å². The SMILES string of the molecule is NS(=O)(=O)c1cccc2c1OCC21CCOCC1. The molecule has 2 aliphatic heterocycles. The fraction of sp³-hybridized carbons (Fsp3) is 0.500. The lowest BCUT2D eigenvalue weighted by Crippen LogP contribution is -2.35. The van der Waals surface area contributed by atoms with Gasteiger partial charge in [0, 0.05) is 24.2 Å². The predicted molar refractivity (Wildman–Crippen MR) is 65.0 cm³/mol. The van der Waals surface area contributed by atoms with E-state index >= 15 is 0 Å². The van der Waals surface area contributed by atoms with Gasteiger partial charge in [-0.2, -0.15) is 0 Å². The van der Waals surface area contributed by atoms with Crippen LogP contribution < -0.4 is 9.88 Å². The van der Waals surface area contributed by atoms with Crippen LogP contribution in [0.4, 0.5) is 0 Å². The standard InChI is InChI=1S/C12H15NO4S/c13-18(14,15)10-3-1-2-9-11(10)17-8-12(9)4-6-16-7-5-12/h1-3H,4-8H2,(H2,13,14,15). The summed E-state index contributed by atoms with van der Waals surface area (Å²) in [5.41, 5.74) is 0.853. The Balaban J connectivity index is 2.13. The van der Waals surface area contributed by atoms with Crippen LogP contribution in [0.5, 0.6) is 5.75 Å². The minimum absolute atomic E-state index is 0.0865. The summed E-state index contributed by atoms with van der Waals surface area (Å²) in [7, 11) is -3.74. The van der Waals surface area contributed by atoms with Crippen molar-refractivity contribution in [1.82, 2.24) is 0 Å². The molecule has 3 rings (SSSR count). The van der Waals surface area contributed by atoms with E-state index in [2.05, 4.69) is 0 Å². The van der Waals surface area contributed by atoms with E-state index in [0.717, 1.165) is 18.4 Å². The van der Waals surface area contributed by atoms with E-state index in [1.165, 1.54) is 6.07 Å². The van der Waals surface area contributed by atoms with Gasteiger partial charge in [-0.1, -0.05) is 12.1 Å². The minimum atomic E-state index is -3.74. The van der Waals surface area contributed by atoms with E-state index in [4.69, 9.17) is 14.6 Å². The number of nitrogens with two attached hydrogens (primary N) is 1. The Labute approximate surface area is 106 Å². The van der Waals surface area contributed by atoms with Gasteiger partial charge in [0.2, 0.25) is 10.0 Å². The third-order valence-electron chi connectivity index (χ3n) is 3.80. The first kappa shape index (κ1) is 12.0. The van der Waals surface area contributed by atoms with Gasteiger partial charge in [0.25, 0.3) is 0 Å². The third kappa shape index (κ3) is 1.72. The predicted octanol–water partition coefficient (Wildman–Crippen LogP) is 0.775. The number of hydrogen-bond acceptors (Lipinski definition) is 4. The highest BCUT2D eigenvalue weighted by atomic mass is 32.2. The fourth-order valence-electron chi connectivity index (χ4n) is 2.77. The van der Waals surface area contributed by atoms with E-state index in [0.29, 0.717) is 25.6 Å². The number of benzene rings is 1. The molecule has 18 heavy (non-hydrogen) atoms. The fourth-order valence-corrected chi connectivity index (χ4v) is 3.47. The van der Waals surface area contributed by atoms with Gasteiger partial charge >= 0.3 is 0 Å². The molecule has 0 radical (unpaired) electrons. The molecule has 0 atom stereocenters. The van der Waals surface area contributed by atoms with Gasteiger partial charge in [0.15, 0.2) is 0 Å². The van der Waals surface area contributed by atoms with Crippen LogP contribution in [-0.2, 0) is 20.2 Å². The summed E-state index contributed by atoms with van der Waals surface area (Å²) < 4.78 is 34.1. The first-order valence-corrected chi connectivity index (χ1v) is 7.44. The van der Waals surface area contributed by atoms with Crippen molar-refractivity contribution in [3.8, 4) is 5.75 Å². The molecule has 2 aliphatic rings. The second kappa shape index (κ2) is 3.94. The summed E-state index contributed by atoms with van der Waals surface area (Å²) in [6.45, 7) is 1.88. The van der Waals surface area contributed by atoms with Crippen LogP contribution in [-0.4, -0.2) is 28.2 Å². The number of sulfonamides is 1. The summed E-state index contributed by atoms with van der Waals surface area (Å²) in [5, 5.41) is 5.22. The second-order valence-electron chi connectivity index (χ2n) is 4.86. The van der Waals surface area contributed by atoms with Crippen LogP contribution in [0, 0.1) is 0 Å². The molecule has 2 N–H and O–H groups in total. The number of ether oxygens (including phenoxy) is 2. The quantitative estimate of drug-likeness (QED) is 0.817. The molecule has 2 heterocycles. The summed E-state index contributed by atoms with van der Waals surface area (Å²) >= 11 is 0. The van der Waals surface area contributed by atoms with Crippen LogP contribution in [0.2, 0.25) is 0 Å². The van der Waals surface area contributed by atoms with Gasteiger partial charge in [-0.05, 0) is 18.9 Å². The number of hydrogen-bond donors (Lipinski definition) is 1. The van der Waals surface area contributed by atoms with Crippen molar-refractivity contribution in [2.45, 2.75) is 23.2 Å². The maximum atomic E-state index is 11.5. The van der Waals surface area contributed by atoms with Crippen LogP contribution in [0.15, 0.2) is 23.1 Å². The van der Waals surface area contributed by atoms with E-state index in [1.807, 2.05) is 6.07 Å².